The Kier molecular flexibility index (Phi) is 4.04. The predicted molar refractivity (Wildman–Crippen MR) is 55.5 cm³/mol. The van der Waals surface area contributed by atoms with Crippen LogP contribution in [0.15, 0.2) is 16.7 Å². The summed E-state index contributed by atoms with van der Waals surface area (Å²) in [7, 11) is 0. The normalized spacial score (nSPS) is 14.7. The second-order valence-electron chi connectivity index (χ2n) is 2.76. The van der Waals surface area contributed by atoms with E-state index in [2.05, 4.69) is 20.9 Å². The second-order valence-corrected chi connectivity index (χ2v) is 4.04. The van der Waals surface area contributed by atoms with Crippen molar-refractivity contribution in [2.45, 2.75) is 12.2 Å². The van der Waals surface area contributed by atoms with E-state index in [0.717, 1.165) is 0 Å². The largest absolute Gasteiger partial charge is 0.479 e. The van der Waals surface area contributed by atoms with Gasteiger partial charge in [-0.1, -0.05) is 11.6 Å². The summed E-state index contributed by atoms with van der Waals surface area (Å²) in [4.78, 5) is 14.1. The monoisotopic (exact) mass is 295 g/mol. The molecule has 3 N–H and O–H groups in total. The summed E-state index contributed by atoms with van der Waals surface area (Å²) in [6, 6.07) is 1.40. The zero-order valence-corrected chi connectivity index (χ0v) is 9.60. The Balaban J connectivity index is 3.04. The lowest BCUT2D eigenvalue weighted by Gasteiger charge is -2.15. The number of aromatic nitrogens is 1. The molecule has 5 nitrogen and oxygen atoms in total. The maximum absolute atomic E-state index is 10.4. The average Bonchev–Trinajstić information content (AvgIpc) is 2.19. The van der Waals surface area contributed by atoms with Gasteiger partial charge in [-0.2, -0.15) is 0 Å². The number of halogens is 2. The molecule has 0 saturated heterocycles. The number of pyridine rings is 1. The number of aliphatic hydroxyl groups excluding tert-OH is 2. The van der Waals surface area contributed by atoms with E-state index in [1.165, 1.54) is 12.3 Å². The number of nitrogens with zero attached hydrogens (tertiary/aromatic N) is 1. The number of carboxylic acids is 1. The first kappa shape index (κ1) is 12.4. The van der Waals surface area contributed by atoms with Crippen LogP contribution in [-0.2, 0) is 4.79 Å². The first-order chi connectivity index (χ1) is 6.93. The van der Waals surface area contributed by atoms with Gasteiger partial charge in [0.15, 0.2) is 6.10 Å². The lowest BCUT2D eigenvalue weighted by molar-refractivity contribution is -0.153. The molecular weight excluding hydrogens is 289 g/mol. The fraction of sp³-hybridized carbons (Fsp3) is 0.250. The molecule has 1 aromatic heterocycles. The van der Waals surface area contributed by atoms with Crippen LogP contribution < -0.4 is 0 Å². The highest BCUT2D eigenvalue weighted by molar-refractivity contribution is 9.10. The van der Waals surface area contributed by atoms with Crippen LogP contribution in [0.2, 0.25) is 5.15 Å². The number of carbonyl (C=O) groups is 1. The van der Waals surface area contributed by atoms with Crippen molar-refractivity contribution in [2.24, 2.45) is 0 Å². The Bertz CT molecular complexity index is 387. The molecule has 0 aromatic carbocycles. The van der Waals surface area contributed by atoms with Gasteiger partial charge in [0.1, 0.15) is 11.3 Å². The standard InChI is InChI=1S/C8H7BrClNO4/c9-3-1-4(7(10)11-2-3)5(12)6(13)8(14)15/h1-2,5-6,12-13H,(H,14,15). The summed E-state index contributed by atoms with van der Waals surface area (Å²) >= 11 is 8.73. The van der Waals surface area contributed by atoms with E-state index in [0.29, 0.717) is 4.47 Å². The van der Waals surface area contributed by atoms with Crippen LogP contribution in [0.4, 0.5) is 0 Å². The molecule has 82 valence electrons. The molecule has 2 atom stereocenters. The molecule has 15 heavy (non-hydrogen) atoms. The van der Waals surface area contributed by atoms with E-state index in [-0.39, 0.29) is 10.7 Å². The summed E-state index contributed by atoms with van der Waals surface area (Å²) in [5.41, 5.74) is 0.0564. The molecule has 0 bridgehead atoms. The van der Waals surface area contributed by atoms with Crippen molar-refractivity contribution in [1.82, 2.24) is 4.98 Å². The molecule has 0 spiro atoms. The maximum atomic E-state index is 10.4. The molecule has 2 unspecified atom stereocenters. The van der Waals surface area contributed by atoms with Crippen molar-refractivity contribution in [1.29, 1.82) is 0 Å². The Labute approximate surface area is 98.5 Å². The lowest BCUT2D eigenvalue weighted by Crippen LogP contribution is -2.27. The van der Waals surface area contributed by atoms with Crippen molar-refractivity contribution in [2.75, 3.05) is 0 Å². The zero-order chi connectivity index (χ0) is 11.6. The van der Waals surface area contributed by atoms with Crippen molar-refractivity contribution in [3.8, 4) is 0 Å². The van der Waals surface area contributed by atoms with E-state index in [1.54, 1.807) is 0 Å². The first-order valence-electron chi connectivity index (χ1n) is 3.83. The topological polar surface area (TPSA) is 90.7 Å². The van der Waals surface area contributed by atoms with Gasteiger partial charge in [0.05, 0.1) is 0 Å². The molecule has 1 aromatic rings. The molecule has 0 aliphatic carbocycles. The summed E-state index contributed by atoms with van der Waals surface area (Å²) in [5, 5.41) is 27.0. The van der Waals surface area contributed by atoms with Gasteiger partial charge >= 0.3 is 5.97 Å². The molecule has 1 rings (SSSR count). The zero-order valence-electron chi connectivity index (χ0n) is 7.26. The van der Waals surface area contributed by atoms with Gasteiger partial charge in [-0.15, -0.1) is 0 Å². The van der Waals surface area contributed by atoms with Crippen LogP contribution in [0.5, 0.6) is 0 Å². The van der Waals surface area contributed by atoms with Gasteiger partial charge in [-0.25, -0.2) is 9.78 Å². The van der Waals surface area contributed by atoms with Crippen LogP contribution in [0, 0.1) is 0 Å². The minimum atomic E-state index is -1.93. The molecule has 0 amide bonds. The number of aliphatic hydroxyl groups is 2. The van der Waals surface area contributed by atoms with Gasteiger partial charge in [0.25, 0.3) is 0 Å². The average molecular weight is 297 g/mol. The third-order valence-electron chi connectivity index (χ3n) is 1.70. The molecular formula is C8H7BrClNO4. The molecule has 0 fully saturated rings. The highest BCUT2D eigenvalue weighted by atomic mass is 79.9. The van der Waals surface area contributed by atoms with Crippen molar-refractivity contribution in [3.05, 3.63) is 27.5 Å². The van der Waals surface area contributed by atoms with E-state index in [4.69, 9.17) is 21.8 Å². The number of rotatable bonds is 3. The van der Waals surface area contributed by atoms with Crippen molar-refractivity contribution < 1.29 is 20.1 Å². The molecule has 0 saturated carbocycles. The van der Waals surface area contributed by atoms with Crippen LogP contribution in [0.3, 0.4) is 0 Å². The Morgan fingerprint density at radius 2 is 2.13 bits per heavy atom. The first-order valence-corrected chi connectivity index (χ1v) is 5.00. The number of hydrogen-bond acceptors (Lipinski definition) is 4. The van der Waals surface area contributed by atoms with Crippen LogP contribution in [-0.4, -0.2) is 32.4 Å². The van der Waals surface area contributed by atoms with Crippen molar-refractivity contribution >= 4 is 33.5 Å². The highest BCUT2D eigenvalue weighted by Gasteiger charge is 2.27. The Morgan fingerprint density at radius 3 is 2.67 bits per heavy atom. The van der Waals surface area contributed by atoms with E-state index in [1.807, 2.05) is 0 Å². The maximum Gasteiger partial charge on any atom is 0.335 e. The molecule has 0 aliphatic heterocycles. The second kappa shape index (κ2) is 4.89. The SMILES string of the molecule is O=C(O)C(O)C(O)c1cc(Br)cnc1Cl. The summed E-state index contributed by atoms with van der Waals surface area (Å²) in [6.45, 7) is 0. The molecule has 1 heterocycles. The Morgan fingerprint density at radius 1 is 1.53 bits per heavy atom. The summed E-state index contributed by atoms with van der Waals surface area (Å²) in [5.74, 6) is -1.53. The fourth-order valence-corrected chi connectivity index (χ4v) is 1.51. The third kappa shape index (κ3) is 2.88. The highest BCUT2D eigenvalue weighted by Crippen LogP contribution is 2.26. The minimum Gasteiger partial charge on any atom is -0.479 e. The summed E-state index contributed by atoms with van der Waals surface area (Å²) < 4.78 is 0.526. The van der Waals surface area contributed by atoms with Crippen LogP contribution in [0.25, 0.3) is 0 Å². The fourth-order valence-electron chi connectivity index (χ4n) is 0.951. The number of aliphatic carboxylic acids is 1. The predicted octanol–water partition coefficient (Wildman–Crippen LogP) is 0.976. The van der Waals surface area contributed by atoms with Gasteiger partial charge < -0.3 is 15.3 Å². The number of carboxylic acid groups (broad SMARTS) is 1. The van der Waals surface area contributed by atoms with Crippen LogP contribution in [0.1, 0.15) is 11.7 Å². The smallest absolute Gasteiger partial charge is 0.335 e. The van der Waals surface area contributed by atoms with Crippen molar-refractivity contribution in [3.63, 3.8) is 0 Å². The van der Waals surface area contributed by atoms with E-state index < -0.39 is 18.2 Å². The minimum absolute atomic E-state index is 0.0500. The quantitative estimate of drug-likeness (QED) is 0.723. The number of hydrogen-bond donors (Lipinski definition) is 3. The molecule has 7 heteroatoms. The molecule has 0 aliphatic rings. The van der Waals surface area contributed by atoms with E-state index in [9.17, 15) is 9.90 Å². The van der Waals surface area contributed by atoms with Gasteiger partial charge in [0, 0.05) is 16.2 Å². The van der Waals surface area contributed by atoms with Gasteiger partial charge in [-0.05, 0) is 22.0 Å². The van der Waals surface area contributed by atoms with Gasteiger partial charge in [0.2, 0.25) is 0 Å². The molecule has 0 radical (unpaired) electrons. The van der Waals surface area contributed by atoms with Gasteiger partial charge in [-0.3, -0.25) is 0 Å². The lowest BCUT2D eigenvalue weighted by atomic mass is 10.1. The Hall–Kier alpha value is -0.690. The van der Waals surface area contributed by atoms with Crippen LogP contribution >= 0.6 is 27.5 Å². The van der Waals surface area contributed by atoms with E-state index >= 15 is 0 Å². The third-order valence-corrected chi connectivity index (χ3v) is 2.45. The summed E-state index contributed by atoms with van der Waals surface area (Å²) in [6.07, 6.45) is -2.15.